The largest absolute Gasteiger partial charge is 0.343 e. The number of hydrogen-bond acceptors (Lipinski definition) is 4. The highest BCUT2D eigenvalue weighted by molar-refractivity contribution is 7.99. The molecule has 0 bridgehead atoms. The molecule has 1 rings (SSSR count). The summed E-state index contributed by atoms with van der Waals surface area (Å²) in [7, 11) is 1.70. The molecule has 90 valence electrons. The lowest BCUT2D eigenvalue weighted by Gasteiger charge is -2.09. The first-order valence-corrected chi connectivity index (χ1v) is 6.13. The Labute approximate surface area is 99.3 Å². The van der Waals surface area contributed by atoms with Crippen molar-refractivity contribution in [3.05, 3.63) is 22.6 Å². The lowest BCUT2D eigenvalue weighted by atomic mass is 10.3. The summed E-state index contributed by atoms with van der Waals surface area (Å²) in [6, 6.07) is 0.455. The van der Waals surface area contributed by atoms with Gasteiger partial charge in [-0.25, -0.2) is 9.89 Å². The molecular weight excluding hydrogens is 224 g/mol. The molecule has 16 heavy (non-hydrogen) atoms. The fraction of sp³-hybridized carbons (Fsp3) is 0.600. The number of rotatable bonds is 6. The summed E-state index contributed by atoms with van der Waals surface area (Å²) in [5.41, 5.74) is 0.905. The summed E-state index contributed by atoms with van der Waals surface area (Å²) in [6.07, 6.45) is 0. The van der Waals surface area contributed by atoms with Crippen LogP contribution in [0.3, 0.4) is 0 Å². The van der Waals surface area contributed by atoms with Gasteiger partial charge in [-0.05, 0) is 0 Å². The fourth-order valence-corrected chi connectivity index (χ4v) is 1.85. The van der Waals surface area contributed by atoms with Crippen molar-refractivity contribution in [2.75, 3.05) is 12.3 Å². The number of nitrogens with one attached hydrogen (secondary N) is 2. The number of H-pyrrole nitrogens is 1. The topological polar surface area (TPSA) is 62.7 Å². The third-order valence-corrected chi connectivity index (χ3v) is 3.18. The van der Waals surface area contributed by atoms with Gasteiger partial charge >= 0.3 is 5.69 Å². The maximum Gasteiger partial charge on any atom is 0.343 e. The van der Waals surface area contributed by atoms with Gasteiger partial charge in [-0.1, -0.05) is 37.8 Å². The third kappa shape index (κ3) is 3.86. The molecule has 0 unspecified atom stereocenters. The molecule has 0 atom stereocenters. The Bertz CT molecular complexity index is 407. The van der Waals surface area contributed by atoms with Crippen LogP contribution in [0.25, 0.3) is 0 Å². The second kappa shape index (κ2) is 5.91. The molecular formula is C10H18N4OS. The van der Waals surface area contributed by atoms with E-state index < -0.39 is 0 Å². The normalized spacial score (nSPS) is 11.0. The highest BCUT2D eigenvalue weighted by Crippen LogP contribution is 2.14. The standard InChI is InChI=1S/C10H18N4OS/c1-7(2)11-5-8(3)6-16-10-13-12-9(15)14(10)4/h7,11H,3,5-6H2,1-2,4H3,(H,12,15). The zero-order valence-electron chi connectivity index (χ0n) is 9.91. The second-order valence-electron chi connectivity index (χ2n) is 3.94. The molecule has 0 radical (unpaired) electrons. The van der Waals surface area contributed by atoms with Crippen LogP contribution in [0.2, 0.25) is 0 Å². The molecule has 1 aromatic rings. The van der Waals surface area contributed by atoms with Crippen molar-refractivity contribution >= 4 is 11.8 Å². The van der Waals surface area contributed by atoms with Crippen molar-refractivity contribution in [1.82, 2.24) is 20.1 Å². The van der Waals surface area contributed by atoms with Gasteiger partial charge < -0.3 is 5.32 Å². The Kier molecular flexibility index (Phi) is 4.82. The van der Waals surface area contributed by atoms with Crippen LogP contribution >= 0.6 is 11.8 Å². The van der Waals surface area contributed by atoms with E-state index in [0.717, 1.165) is 17.9 Å². The summed E-state index contributed by atoms with van der Waals surface area (Å²) in [4.78, 5) is 11.1. The fourth-order valence-electron chi connectivity index (χ4n) is 1.03. The molecule has 0 aliphatic carbocycles. The van der Waals surface area contributed by atoms with E-state index in [9.17, 15) is 4.79 Å². The molecule has 0 aliphatic rings. The summed E-state index contributed by atoms with van der Waals surface area (Å²) in [5, 5.41) is 10.3. The van der Waals surface area contributed by atoms with Crippen LogP contribution in [0.1, 0.15) is 13.8 Å². The Morgan fingerprint density at radius 3 is 2.88 bits per heavy atom. The van der Waals surface area contributed by atoms with Gasteiger partial charge in [-0.2, -0.15) is 0 Å². The Balaban J connectivity index is 2.37. The SMILES string of the molecule is C=C(CNC(C)C)CSc1n[nH]c(=O)n1C. The minimum atomic E-state index is -0.187. The predicted molar refractivity (Wildman–Crippen MR) is 66.8 cm³/mol. The van der Waals surface area contributed by atoms with Crippen molar-refractivity contribution in [2.45, 2.75) is 25.0 Å². The molecule has 0 fully saturated rings. The average molecular weight is 242 g/mol. The van der Waals surface area contributed by atoms with Gasteiger partial charge in [0.25, 0.3) is 0 Å². The predicted octanol–water partition coefficient (Wildman–Crippen LogP) is 0.755. The summed E-state index contributed by atoms with van der Waals surface area (Å²) in [6.45, 7) is 8.95. The van der Waals surface area contributed by atoms with Crippen molar-refractivity contribution in [3.8, 4) is 0 Å². The van der Waals surface area contributed by atoms with E-state index in [0.29, 0.717) is 11.2 Å². The number of aromatic nitrogens is 3. The lowest BCUT2D eigenvalue weighted by molar-refractivity contribution is 0.623. The number of thioether (sulfide) groups is 1. The molecule has 6 heteroatoms. The van der Waals surface area contributed by atoms with Gasteiger partial charge in [0.05, 0.1) is 0 Å². The molecule has 0 saturated heterocycles. The van der Waals surface area contributed by atoms with Crippen LogP contribution in [0.4, 0.5) is 0 Å². The molecule has 0 saturated carbocycles. The van der Waals surface area contributed by atoms with Crippen molar-refractivity contribution in [2.24, 2.45) is 7.05 Å². The molecule has 1 aromatic heterocycles. The molecule has 0 amide bonds. The highest BCUT2D eigenvalue weighted by atomic mass is 32.2. The van der Waals surface area contributed by atoms with Crippen LogP contribution in [0, 0.1) is 0 Å². The molecule has 5 nitrogen and oxygen atoms in total. The smallest absolute Gasteiger partial charge is 0.311 e. The Morgan fingerprint density at radius 1 is 1.69 bits per heavy atom. The van der Waals surface area contributed by atoms with Crippen LogP contribution in [-0.4, -0.2) is 33.1 Å². The zero-order valence-corrected chi connectivity index (χ0v) is 10.7. The van der Waals surface area contributed by atoms with Gasteiger partial charge in [0.2, 0.25) is 0 Å². The van der Waals surface area contributed by atoms with Crippen LogP contribution in [0.15, 0.2) is 22.1 Å². The second-order valence-corrected chi connectivity index (χ2v) is 4.89. The van der Waals surface area contributed by atoms with E-state index in [4.69, 9.17) is 0 Å². The van der Waals surface area contributed by atoms with Crippen molar-refractivity contribution in [1.29, 1.82) is 0 Å². The van der Waals surface area contributed by atoms with Crippen LogP contribution in [0.5, 0.6) is 0 Å². The van der Waals surface area contributed by atoms with E-state index in [1.807, 2.05) is 0 Å². The Morgan fingerprint density at radius 2 is 2.38 bits per heavy atom. The lowest BCUT2D eigenvalue weighted by Crippen LogP contribution is -2.25. The van der Waals surface area contributed by atoms with E-state index in [-0.39, 0.29) is 5.69 Å². The van der Waals surface area contributed by atoms with E-state index in [2.05, 4.69) is 35.9 Å². The quantitative estimate of drug-likeness (QED) is 0.571. The highest BCUT2D eigenvalue weighted by Gasteiger charge is 2.05. The van der Waals surface area contributed by atoms with E-state index in [1.54, 1.807) is 7.05 Å². The molecule has 2 N–H and O–H groups in total. The summed E-state index contributed by atoms with van der Waals surface area (Å²) >= 11 is 1.51. The molecule has 0 aromatic carbocycles. The third-order valence-electron chi connectivity index (χ3n) is 2.00. The maximum absolute atomic E-state index is 11.1. The van der Waals surface area contributed by atoms with Gasteiger partial charge in [0, 0.05) is 25.4 Å². The number of aromatic amines is 1. The van der Waals surface area contributed by atoms with Gasteiger partial charge in [-0.15, -0.1) is 5.10 Å². The first-order valence-electron chi connectivity index (χ1n) is 5.15. The van der Waals surface area contributed by atoms with E-state index >= 15 is 0 Å². The minimum absolute atomic E-state index is 0.187. The minimum Gasteiger partial charge on any atom is -0.311 e. The van der Waals surface area contributed by atoms with Gasteiger partial charge in [0.15, 0.2) is 5.16 Å². The maximum atomic E-state index is 11.1. The van der Waals surface area contributed by atoms with Gasteiger partial charge in [0.1, 0.15) is 0 Å². The van der Waals surface area contributed by atoms with Crippen LogP contribution < -0.4 is 11.0 Å². The van der Waals surface area contributed by atoms with Gasteiger partial charge in [-0.3, -0.25) is 4.57 Å². The first kappa shape index (κ1) is 13.1. The number of nitrogens with zero attached hydrogens (tertiary/aromatic N) is 2. The van der Waals surface area contributed by atoms with Crippen molar-refractivity contribution in [3.63, 3.8) is 0 Å². The van der Waals surface area contributed by atoms with Crippen molar-refractivity contribution < 1.29 is 0 Å². The molecule has 0 spiro atoms. The zero-order chi connectivity index (χ0) is 12.1. The monoisotopic (exact) mass is 242 g/mol. The first-order chi connectivity index (χ1) is 7.50. The molecule has 0 aliphatic heterocycles. The summed E-state index contributed by atoms with van der Waals surface area (Å²) < 4.78 is 1.49. The number of hydrogen-bond donors (Lipinski definition) is 2. The van der Waals surface area contributed by atoms with Crippen LogP contribution in [-0.2, 0) is 7.05 Å². The van der Waals surface area contributed by atoms with E-state index in [1.165, 1.54) is 16.3 Å². The molecule has 1 heterocycles. The Hall–Kier alpha value is -1.01. The summed E-state index contributed by atoms with van der Waals surface area (Å²) in [5.74, 6) is 0.762. The average Bonchev–Trinajstić information content (AvgIpc) is 2.54.